The van der Waals surface area contributed by atoms with E-state index in [1.54, 1.807) is 16.7 Å². The van der Waals surface area contributed by atoms with Crippen molar-refractivity contribution in [2.45, 2.75) is 20.3 Å². The molecule has 0 aromatic heterocycles. The first kappa shape index (κ1) is 16.5. The molecular weight excluding hydrogens is 306 g/mol. The Balaban J connectivity index is 1.52. The first-order chi connectivity index (χ1) is 11.5. The molecule has 1 heterocycles. The Bertz CT molecular complexity index is 665. The van der Waals surface area contributed by atoms with Crippen LogP contribution < -0.4 is 5.32 Å². The van der Waals surface area contributed by atoms with E-state index in [4.69, 9.17) is 0 Å². The number of nitrogens with one attached hydrogen (secondary N) is 1. The second kappa shape index (κ2) is 6.63. The Hall–Kier alpha value is -2.37. The lowest BCUT2D eigenvalue weighted by molar-refractivity contribution is -0.139. The molecule has 1 saturated heterocycles. The molecule has 3 rings (SSSR count). The Kier molecular flexibility index (Phi) is 4.55. The van der Waals surface area contributed by atoms with Gasteiger partial charge in [-0.05, 0) is 25.0 Å². The summed E-state index contributed by atoms with van der Waals surface area (Å²) in [5, 5.41) is 2.92. The highest BCUT2D eigenvalue weighted by Gasteiger charge is 2.49. The van der Waals surface area contributed by atoms with E-state index in [1.165, 1.54) is 0 Å². The predicted molar refractivity (Wildman–Crippen MR) is 90.2 cm³/mol. The summed E-state index contributed by atoms with van der Waals surface area (Å²) >= 11 is 0. The van der Waals surface area contributed by atoms with Crippen molar-refractivity contribution in [3.8, 4) is 0 Å². The monoisotopic (exact) mass is 329 g/mol. The van der Waals surface area contributed by atoms with E-state index in [1.807, 2.05) is 31.2 Å². The van der Waals surface area contributed by atoms with Gasteiger partial charge in [0.1, 0.15) is 0 Å². The van der Waals surface area contributed by atoms with Crippen LogP contribution in [0.2, 0.25) is 0 Å². The minimum Gasteiger partial charge on any atom is -0.339 e. The minimum absolute atomic E-state index is 0.0446. The molecule has 2 unspecified atom stereocenters. The van der Waals surface area contributed by atoms with E-state index in [0.717, 1.165) is 11.3 Å². The van der Waals surface area contributed by atoms with E-state index < -0.39 is 0 Å². The van der Waals surface area contributed by atoms with Crippen LogP contribution in [0.1, 0.15) is 18.9 Å². The summed E-state index contributed by atoms with van der Waals surface area (Å²) in [4.78, 5) is 39.7. The molecule has 0 spiro atoms. The zero-order valence-corrected chi connectivity index (χ0v) is 14.1. The molecule has 1 N–H and O–H groups in total. The van der Waals surface area contributed by atoms with Crippen LogP contribution in [-0.4, -0.2) is 53.7 Å². The van der Waals surface area contributed by atoms with Gasteiger partial charge in [0.15, 0.2) is 0 Å². The van der Waals surface area contributed by atoms with Gasteiger partial charge in [-0.25, -0.2) is 0 Å². The Morgan fingerprint density at radius 3 is 2.25 bits per heavy atom. The van der Waals surface area contributed by atoms with Gasteiger partial charge in [-0.2, -0.15) is 0 Å². The maximum Gasteiger partial charge on any atom is 0.228 e. The van der Waals surface area contributed by atoms with Gasteiger partial charge in [0.25, 0.3) is 0 Å². The highest BCUT2D eigenvalue weighted by Crippen LogP contribution is 2.41. The fourth-order valence-corrected chi connectivity index (χ4v) is 3.17. The number of carbonyl (C=O) groups excluding carboxylic acids is 3. The number of amides is 3. The van der Waals surface area contributed by atoms with Crippen molar-refractivity contribution < 1.29 is 14.4 Å². The largest absolute Gasteiger partial charge is 0.339 e. The lowest BCUT2D eigenvalue weighted by atomic mass is 10.2. The number of benzene rings is 1. The summed E-state index contributed by atoms with van der Waals surface area (Å²) in [5.74, 6) is -0.432. The maximum absolute atomic E-state index is 12.5. The van der Waals surface area contributed by atoms with E-state index in [2.05, 4.69) is 5.32 Å². The molecule has 3 amide bonds. The van der Waals surface area contributed by atoms with Crippen LogP contribution >= 0.6 is 0 Å². The van der Waals surface area contributed by atoms with Crippen molar-refractivity contribution in [3.63, 3.8) is 0 Å². The minimum atomic E-state index is -0.233. The fourth-order valence-electron chi connectivity index (χ4n) is 3.17. The van der Waals surface area contributed by atoms with Gasteiger partial charge in [0.05, 0.1) is 11.8 Å². The number of hydrogen-bond donors (Lipinski definition) is 1. The fraction of sp³-hybridized carbons (Fsp3) is 0.500. The Morgan fingerprint density at radius 2 is 1.62 bits per heavy atom. The second-order valence-corrected chi connectivity index (χ2v) is 6.58. The molecule has 1 aliphatic heterocycles. The number of nitrogens with zero attached hydrogens (tertiary/aromatic N) is 2. The summed E-state index contributed by atoms with van der Waals surface area (Å²) in [6, 6.07) is 7.62. The SMILES string of the molecule is CC(=O)N1CCN(C(=O)C2CC2C(=O)Nc2ccccc2C)CC1. The molecule has 1 saturated carbocycles. The van der Waals surface area contributed by atoms with E-state index in [0.29, 0.717) is 32.6 Å². The van der Waals surface area contributed by atoms with Crippen molar-refractivity contribution in [3.05, 3.63) is 29.8 Å². The van der Waals surface area contributed by atoms with Crippen LogP contribution in [0.25, 0.3) is 0 Å². The number of hydrogen-bond acceptors (Lipinski definition) is 3. The molecule has 1 aromatic rings. The lowest BCUT2D eigenvalue weighted by Crippen LogP contribution is -2.50. The second-order valence-electron chi connectivity index (χ2n) is 6.58. The zero-order chi connectivity index (χ0) is 17.3. The third-order valence-electron chi connectivity index (χ3n) is 4.88. The number of anilines is 1. The third-order valence-corrected chi connectivity index (χ3v) is 4.88. The highest BCUT2D eigenvalue weighted by molar-refractivity contribution is 6.00. The summed E-state index contributed by atoms with van der Waals surface area (Å²) in [6.07, 6.45) is 0.615. The molecule has 24 heavy (non-hydrogen) atoms. The Morgan fingerprint density at radius 1 is 1.00 bits per heavy atom. The van der Waals surface area contributed by atoms with Crippen LogP contribution in [-0.2, 0) is 14.4 Å². The molecular formula is C18H23N3O3. The van der Waals surface area contributed by atoms with Gasteiger partial charge in [-0.1, -0.05) is 18.2 Å². The van der Waals surface area contributed by atoms with Crippen molar-refractivity contribution in [2.75, 3.05) is 31.5 Å². The molecule has 1 aromatic carbocycles. The van der Waals surface area contributed by atoms with E-state index >= 15 is 0 Å². The molecule has 128 valence electrons. The quantitative estimate of drug-likeness (QED) is 0.908. The first-order valence-electron chi connectivity index (χ1n) is 8.38. The van der Waals surface area contributed by atoms with Crippen molar-refractivity contribution in [2.24, 2.45) is 11.8 Å². The van der Waals surface area contributed by atoms with E-state index in [9.17, 15) is 14.4 Å². The Labute approximate surface area is 141 Å². The first-order valence-corrected chi connectivity index (χ1v) is 8.38. The van der Waals surface area contributed by atoms with Crippen molar-refractivity contribution >= 4 is 23.4 Å². The predicted octanol–water partition coefficient (Wildman–Crippen LogP) is 1.26. The van der Waals surface area contributed by atoms with Gasteiger partial charge in [0, 0.05) is 38.8 Å². The molecule has 0 bridgehead atoms. The van der Waals surface area contributed by atoms with Gasteiger partial charge in [-0.15, -0.1) is 0 Å². The summed E-state index contributed by atoms with van der Waals surface area (Å²) in [5.41, 5.74) is 1.81. The number of rotatable bonds is 3. The standard InChI is InChI=1S/C18H23N3O3/c1-12-5-3-4-6-16(12)19-17(23)14-11-15(14)18(24)21-9-7-20(8-10-21)13(2)22/h3-6,14-15H,7-11H2,1-2H3,(H,19,23). The molecule has 2 aliphatic rings. The van der Waals surface area contributed by atoms with Crippen LogP contribution in [0.15, 0.2) is 24.3 Å². The van der Waals surface area contributed by atoms with Gasteiger partial charge in [-0.3, -0.25) is 14.4 Å². The van der Waals surface area contributed by atoms with Crippen LogP contribution in [0.4, 0.5) is 5.69 Å². The number of piperazine rings is 1. The lowest BCUT2D eigenvalue weighted by Gasteiger charge is -2.34. The third kappa shape index (κ3) is 3.42. The van der Waals surface area contributed by atoms with Gasteiger partial charge >= 0.3 is 0 Å². The molecule has 6 heteroatoms. The molecule has 0 radical (unpaired) electrons. The average molecular weight is 329 g/mol. The smallest absolute Gasteiger partial charge is 0.228 e. The molecule has 6 nitrogen and oxygen atoms in total. The van der Waals surface area contributed by atoms with Crippen molar-refractivity contribution in [1.29, 1.82) is 0 Å². The normalized spacial score (nSPS) is 22.9. The van der Waals surface area contributed by atoms with Crippen LogP contribution in [0.5, 0.6) is 0 Å². The highest BCUT2D eigenvalue weighted by atomic mass is 16.2. The van der Waals surface area contributed by atoms with E-state index in [-0.39, 0.29) is 29.6 Å². The number of aryl methyl sites for hydroxylation is 1. The summed E-state index contributed by atoms with van der Waals surface area (Å²) in [6.45, 7) is 5.76. The zero-order valence-electron chi connectivity index (χ0n) is 14.1. The summed E-state index contributed by atoms with van der Waals surface area (Å²) < 4.78 is 0. The van der Waals surface area contributed by atoms with Gasteiger partial charge in [0.2, 0.25) is 17.7 Å². The molecule has 2 fully saturated rings. The number of carbonyl (C=O) groups is 3. The van der Waals surface area contributed by atoms with Crippen molar-refractivity contribution in [1.82, 2.24) is 9.80 Å². The topological polar surface area (TPSA) is 69.7 Å². The molecule has 1 aliphatic carbocycles. The van der Waals surface area contributed by atoms with Crippen LogP contribution in [0.3, 0.4) is 0 Å². The summed E-state index contributed by atoms with van der Waals surface area (Å²) in [7, 11) is 0. The van der Waals surface area contributed by atoms with Gasteiger partial charge < -0.3 is 15.1 Å². The molecule has 2 atom stereocenters. The number of para-hydroxylation sites is 1. The average Bonchev–Trinajstić information content (AvgIpc) is 3.37. The maximum atomic E-state index is 12.5. The van der Waals surface area contributed by atoms with Crippen LogP contribution in [0, 0.1) is 18.8 Å².